The van der Waals surface area contributed by atoms with Crippen LogP contribution in [-0.4, -0.2) is 31.7 Å². The zero-order valence-electron chi connectivity index (χ0n) is 10.1. The summed E-state index contributed by atoms with van der Waals surface area (Å²) in [5, 5.41) is 2.97. The standard InChI is InChI=1S/C10H16IN3O2S/c1-4-5-7-9(11)10(12-2)14-8(13-7)6-17(3,15)16/h4-6H2,1-3H3,(H,12,13,14). The lowest BCUT2D eigenvalue weighted by Gasteiger charge is -2.10. The Balaban J connectivity index is 3.20. The molecule has 0 unspecified atom stereocenters. The van der Waals surface area contributed by atoms with E-state index in [9.17, 15) is 8.42 Å². The van der Waals surface area contributed by atoms with E-state index < -0.39 is 9.84 Å². The molecule has 0 amide bonds. The molecule has 1 heterocycles. The normalized spacial score (nSPS) is 11.5. The van der Waals surface area contributed by atoms with Gasteiger partial charge in [-0.25, -0.2) is 18.4 Å². The summed E-state index contributed by atoms with van der Waals surface area (Å²) in [5.74, 6) is 0.943. The third-order valence-corrected chi connectivity index (χ3v) is 4.00. The summed E-state index contributed by atoms with van der Waals surface area (Å²) in [6.45, 7) is 2.06. The maximum atomic E-state index is 11.3. The van der Waals surface area contributed by atoms with Gasteiger partial charge in [-0.05, 0) is 29.0 Å². The molecular weight excluding hydrogens is 353 g/mol. The van der Waals surface area contributed by atoms with Crippen LogP contribution in [0.1, 0.15) is 24.9 Å². The molecule has 0 aliphatic carbocycles. The minimum atomic E-state index is -3.10. The fourth-order valence-corrected chi connectivity index (χ4v) is 2.79. The van der Waals surface area contributed by atoms with Gasteiger partial charge in [0.2, 0.25) is 0 Å². The highest BCUT2D eigenvalue weighted by molar-refractivity contribution is 14.1. The Labute approximate surface area is 115 Å². The molecule has 1 aromatic rings. The zero-order chi connectivity index (χ0) is 13.1. The Bertz CT molecular complexity index is 503. The van der Waals surface area contributed by atoms with Gasteiger partial charge in [0.15, 0.2) is 9.84 Å². The summed E-state index contributed by atoms with van der Waals surface area (Å²) >= 11 is 2.18. The lowest BCUT2D eigenvalue weighted by atomic mass is 10.2. The van der Waals surface area contributed by atoms with E-state index in [0.717, 1.165) is 22.1 Å². The van der Waals surface area contributed by atoms with Crippen LogP contribution in [0.3, 0.4) is 0 Å². The second-order valence-corrected chi connectivity index (χ2v) is 7.04. The number of rotatable bonds is 5. The van der Waals surface area contributed by atoms with Gasteiger partial charge in [0.05, 0.1) is 9.26 Å². The molecule has 0 fully saturated rings. The van der Waals surface area contributed by atoms with E-state index in [0.29, 0.717) is 11.6 Å². The molecule has 1 rings (SSSR count). The predicted molar refractivity (Wildman–Crippen MR) is 76.8 cm³/mol. The van der Waals surface area contributed by atoms with Crippen LogP contribution < -0.4 is 5.32 Å². The molecule has 0 saturated heterocycles. The second-order valence-electron chi connectivity index (χ2n) is 3.82. The first kappa shape index (κ1) is 14.6. The fourth-order valence-electron chi connectivity index (χ4n) is 1.41. The number of halogens is 1. The highest BCUT2D eigenvalue weighted by atomic mass is 127. The summed E-state index contributed by atoms with van der Waals surface area (Å²) < 4.78 is 23.5. The van der Waals surface area contributed by atoms with Crippen LogP contribution in [0.15, 0.2) is 0 Å². The van der Waals surface area contributed by atoms with Crippen LogP contribution in [0.25, 0.3) is 0 Å². The summed E-state index contributed by atoms with van der Waals surface area (Å²) in [5.41, 5.74) is 0.908. The van der Waals surface area contributed by atoms with Gasteiger partial charge in [0.25, 0.3) is 0 Å². The molecule has 1 aromatic heterocycles. The molecular formula is C10H16IN3O2S. The number of aromatic nitrogens is 2. The van der Waals surface area contributed by atoms with E-state index in [1.807, 2.05) is 0 Å². The van der Waals surface area contributed by atoms with Gasteiger partial charge in [0.1, 0.15) is 17.4 Å². The van der Waals surface area contributed by atoms with Crippen LogP contribution >= 0.6 is 22.6 Å². The number of sulfone groups is 1. The van der Waals surface area contributed by atoms with Crippen LogP contribution in [0.4, 0.5) is 5.82 Å². The van der Waals surface area contributed by atoms with Crippen molar-refractivity contribution in [3.63, 3.8) is 0 Å². The third-order valence-electron chi connectivity index (χ3n) is 2.08. The molecule has 0 aliphatic heterocycles. The van der Waals surface area contributed by atoms with Crippen molar-refractivity contribution in [3.05, 3.63) is 15.1 Å². The van der Waals surface area contributed by atoms with Crippen molar-refractivity contribution in [2.45, 2.75) is 25.5 Å². The molecule has 0 saturated carbocycles. The Morgan fingerprint density at radius 2 is 2.00 bits per heavy atom. The van der Waals surface area contributed by atoms with Gasteiger partial charge in [-0.15, -0.1) is 0 Å². The van der Waals surface area contributed by atoms with Gasteiger partial charge in [-0.1, -0.05) is 13.3 Å². The lowest BCUT2D eigenvalue weighted by molar-refractivity contribution is 0.599. The van der Waals surface area contributed by atoms with E-state index in [2.05, 4.69) is 44.8 Å². The van der Waals surface area contributed by atoms with E-state index in [-0.39, 0.29) is 5.75 Å². The summed E-state index contributed by atoms with van der Waals surface area (Å²) in [6, 6.07) is 0. The van der Waals surface area contributed by atoms with Gasteiger partial charge in [0, 0.05) is 13.3 Å². The number of aryl methyl sites for hydroxylation is 1. The highest BCUT2D eigenvalue weighted by Gasteiger charge is 2.14. The van der Waals surface area contributed by atoms with E-state index in [4.69, 9.17) is 0 Å². The van der Waals surface area contributed by atoms with E-state index in [1.165, 1.54) is 6.26 Å². The molecule has 0 aromatic carbocycles. The number of anilines is 1. The molecule has 0 atom stereocenters. The third kappa shape index (κ3) is 4.38. The van der Waals surface area contributed by atoms with Gasteiger partial charge in [-0.2, -0.15) is 0 Å². The molecule has 96 valence electrons. The topological polar surface area (TPSA) is 72.0 Å². The molecule has 0 radical (unpaired) electrons. The van der Waals surface area contributed by atoms with E-state index in [1.54, 1.807) is 7.05 Å². The monoisotopic (exact) mass is 369 g/mol. The quantitative estimate of drug-likeness (QED) is 0.799. The Kier molecular flexibility index (Phi) is 5.11. The molecule has 1 N–H and O–H groups in total. The number of hydrogen-bond donors (Lipinski definition) is 1. The smallest absolute Gasteiger partial charge is 0.154 e. The van der Waals surface area contributed by atoms with Crippen LogP contribution in [0, 0.1) is 3.57 Å². The molecule has 7 heteroatoms. The molecule has 17 heavy (non-hydrogen) atoms. The lowest BCUT2D eigenvalue weighted by Crippen LogP contribution is -2.11. The Hall–Kier alpha value is -0.440. The number of nitrogens with zero attached hydrogens (tertiary/aromatic N) is 2. The zero-order valence-corrected chi connectivity index (χ0v) is 13.1. The van der Waals surface area contributed by atoms with Crippen LogP contribution in [0.5, 0.6) is 0 Å². The largest absolute Gasteiger partial charge is 0.372 e. The first-order chi connectivity index (χ1) is 7.87. The number of nitrogens with one attached hydrogen (secondary N) is 1. The summed E-state index contributed by atoms with van der Waals surface area (Å²) in [4.78, 5) is 8.53. The first-order valence-corrected chi connectivity index (χ1v) is 8.42. The number of hydrogen-bond acceptors (Lipinski definition) is 5. The van der Waals surface area contributed by atoms with Gasteiger partial charge in [-0.3, -0.25) is 0 Å². The van der Waals surface area contributed by atoms with Gasteiger partial charge >= 0.3 is 0 Å². The van der Waals surface area contributed by atoms with Crippen molar-refractivity contribution in [2.75, 3.05) is 18.6 Å². The molecule has 0 aliphatic rings. The molecule has 0 spiro atoms. The molecule has 0 bridgehead atoms. The Morgan fingerprint density at radius 1 is 1.35 bits per heavy atom. The average molecular weight is 369 g/mol. The maximum absolute atomic E-state index is 11.3. The summed E-state index contributed by atoms with van der Waals surface area (Å²) in [6.07, 6.45) is 2.98. The van der Waals surface area contributed by atoms with Crippen molar-refractivity contribution < 1.29 is 8.42 Å². The maximum Gasteiger partial charge on any atom is 0.154 e. The predicted octanol–water partition coefficient (Wildman–Crippen LogP) is 1.62. The van der Waals surface area contributed by atoms with E-state index >= 15 is 0 Å². The van der Waals surface area contributed by atoms with Crippen molar-refractivity contribution in [1.29, 1.82) is 0 Å². The fraction of sp³-hybridized carbons (Fsp3) is 0.600. The van der Waals surface area contributed by atoms with Gasteiger partial charge < -0.3 is 5.32 Å². The van der Waals surface area contributed by atoms with Crippen molar-refractivity contribution in [1.82, 2.24) is 9.97 Å². The van der Waals surface area contributed by atoms with Crippen LogP contribution in [0.2, 0.25) is 0 Å². The van der Waals surface area contributed by atoms with Crippen molar-refractivity contribution in [2.24, 2.45) is 0 Å². The minimum Gasteiger partial charge on any atom is -0.372 e. The highest BCUT2D eigenvalue weighted by Crippen LogP contribution is 2.20. The first-order valence-electron chi connectivity index (χ1n) is 5.28. The van der Waals surface area contributed by atoms with Crippen LogP contribution in [-0.2, 0) is 22.0 Å². The summed E-state index contributed by atoms with van der Waals surface area (Å²) in [7, 11) is -1.33. The van der Waals surface area contributed by atoms with Crippen molar-refractivity contribution >= 4 is 38.2 Å². The minimum absolute atomic E-state index is 0.116. The second kappa shape index (κ2) is 5.94. The average Bonchev–Trinajstić information content (AvgIpc) is 2.20. The SMILES string of the molecule is CCCc1nc(CS(C)(=O)=O)nc(NC)c1I. The Morgan fingerprint density at radius 3 is 2.47 bits per heavy atom. The molecule has 5 nitrogen and oxygen atoms in total. The van der Waals surface area contributed by atoms with Crippen molar-refractivity contribution in [3.8, 4) is 0 Å².